The quantitative estimate of drug-likeness (QED) is 0.792. The third-order valence-corrected chi connectivity index (χ3v) is 4.15. The number of piperazine rings is 1. The lowest BCUT2D eigenvalue weighted by Gasteiger charge is -2.38. The highest BCUT2D eigenvalue weighted by atomic mass is 35.5. The van der Waals surface area contributed by atoms with Crippen LogP contribution >= 0.6 is 12.4 Å². The van der Waals surface area contributed by atoms with Crippen molar-refractivity contribution in [2.45, 2.75) is 38.5 Å². The van der Waals surface area contributed by atoms with Crippen LogP contribution < -0.4 is 10.2 Å². The summed E-state index contributed by atoms with van der Waals surface area (Å²) in [4.78, 5) is 2.15. The fraction of sp³-hybridized carbons (Fsp3) is 0.571. The van der Waals surface area contributed by atoms with Crippen LogP contribution in [0, 0.1) is 6.92 Å². The first-order valence-corrected chi connectivity index (χ1v) is 6.57. The molecular weight excluding hydrogens is 289 g/mol. The molecule has 1 saturated heterocycles. The van der Waals surface area contributed by atoms with Crippen LogP contribution in [0.1, 0.15) is 23.6 Å². The van der Waals surface area contributed by atoms with Gasteiger partial charge in [-0.25, -0.2) is 0 Å². The van der Waals surface area contributed by atoms with E-state index in [0.29, 0.717) is 11.6 Å². The molecule has 3 rings (SSSR count). The second-order valence-corrected chi connectivity index (χ2v) is 5.57. The van der Waals surface area contributed by atoms with Gasteiger partial charge in [0.15, 0.2) is 0 Å². The van der Waals surface area contributed by atoms with E-state index in [1.54, 1.807) is 13.0 Å². The molecule has 0 radical (unpaired) electrons. The SMILES string of the molecule is Cc1cc2c(cc1C(F)(F)F)N1C(C)CNC[C@@H]1C2.Cl. The Kier molecular flexibility index (Phi) is 3.95. The Labute approximate surface area is 122 Å². The number of alkyl halides is 3. The first kappa shape index (κ1) is 15.4. The summed E-state index contributed by atoms with van der Waals surface area (Å²) in [6, 6.07) is 3.58. The first-order chi connectivity index (χ1) is 8.88. The molecule has 0 aliphatic carbocycles. The number of rotatable bonds is 0. The molecule has 112 valence electrons. The molecule has 0 bridgehead atoms. The Hall–Kier alpha value is -0.940. The number of aryl methyl sites for hydroxylation is 1. The van der Waals surface area contributed by atoms with Gasteiger partial charge < -0.3 is 10.2 Å². The second-order valence-electron chi connectivity index (χ2n) is 5.57. The van der Waals surface area contributed by atoms with Crippen LogP contribution in [0.2, 0.25) is 0 Å². The summed E-state index contributed by atoms with van der Waals surface area (Å²) in [6.45, 7) is 5.27. The van der Waals surface area contributed by atoms with Gasteiger partial charge in [-0.3, -0.25) is 0 Å². The lowest BCUT2D eigenvalue weighted by atomic mass is 10.0. The maximum atomic E-state index is 13.0. The second kappa shape index (κ2) is 5.11. The van der Waals surface area contributed by atoms with Crippen LogP contribution in [0.4, 0.5) is 18.9 Å². The molecule has 1 aromatic carbocycles. The van der Waals surface area contributed by atoms with Crippen molar-refractivity contribution in [3.05, 3.63) is 28.8 Å². The van der Waals surface area contributed by atoms with E-state index in [1.165, 1.54) is 6.07 Å². The van der Waals surface area contributed by atoms with Crippen LogP contribution in [-0.4, -0.2) is 25.2 Å². The molecule has 2 atom stereocenters. The normalized spacial score (nSPS) is 24.9. The first-order valence-electron chi connectivity index (χ1n) is 6.57. The zero-order valence-electron chi connectivity index (χ0n) is 11.4. The highest BCUT2D eigenvalue weighted by molar-refractivity contribution is 5.85. The Bertz CT molecular complexity index is 516. The van der Waals surface area contributed by atoms with E-state index in [4.69, 9.17) is 0 Å². The van der Waals surface area contributed by atoms with Gasteiger partial charge in [-0.05, 0) is 37.5 Å². The summed E-state index contributed by atoms with van der Waals surface area (Å²) < 4.78 is 39.0. The van der Waals surface area contributed by atoms with Gasteiger partial charge in [-0.1, -0.05) is 6.07 Å². The minimum absolute atomic E-state index is 0. The predicted molar refractivity (Wildman–Crippen MR) is 75.7 cm³/mol. The van der Waals surface area contributed by atoms with E-state index in [9.17, 15) is 13.2 Å². The van der Waals surface area contributed by atoms with Crippen LogP contribution in [0.25, 0.3) is 0 Å². The topological polar surface area (TPSA) is 15.3 Å². The lowest BCUT2D eigenvalue weighted by molar-refractivity contribution is -0.138. The fourth-order valence-corrected chi connectivity index (χ4v) is 3.34. The number of halogens is 4. The van der Waals surface area contributed by atoms with Crippen molar-refractivity contribution in [2.75, 3.05) is 18.0 Å². The van der Waals surface area contributed by atoms with Gasteiger partial charge in [-0.2, -0.15) is 13.2 Å². The average molecular weight is 307 g/mol. The smallest absolute Gasteiger partial charge is 0.363 e. The van der Waals surface area contributed by atoms with Gasteiger partial charge in [0.25, 0.3) is 0 Å². The Morgan fingerprint density at radius 2 is 1.95 bits per heavy atom. The summed E-state index contributed by atoms with van der Waals surface area (Å²) in [6.07, 6.45) is -3.43. The summed E-state index contributed by atoms with van der Waals surface area (Å²) >= 11 is 0. The van der Waals surface area contributed by atoms with Gasteiger partial charge >= 0.3 is 6.18 Å². The largest absolute Gasteiger partial charge is 0.416 e. The van der Waals surface area contributed by atoms with Gasteiger partial charge in [0.05, 0.1) is 5.56 Å². The molecule has 0 aromatic heterocycles. The standard InChI is InChI=1S/C14H17F3N2.ClH/c1-8-3-10-4-11-7-18-6-9(2)19(11)13(10)5-12(8)14(15,16)17;/h3,5,9,11,18H,4,6-7H2,1-2H3;1H/t9?,11-;/m0./s1. The molecule has 1 N–H and O–H groups in total. The van der Waals surface area contributed by atoms with Crippen molar-refractivity contribution in [1.29, 1.82) is 0 Å². The minimum Gasteiger partial charge on any atom is -0.363 e. The van der Waals surface area contributed by atoms with E-state index in [2.05, 4.69) is 17.1 Å². The molecule has 1 unspecified atom stereocenters. The van der Waals surface area contributed by atoms with Gasteiger partial charge in [0.2, 0.25) is 0 Å². The van der Waals surface area contributed by atoms with Gasteiger partial charge in [0.1, 0.15) is 0 Å². The van der Waals surface area contributed by atoms with Gasteiger partial charge in [0, 0.05) is 30.9 Å². The molecule has 0 amide bonds. The molecule has 2 aliphatic rings. The molecule has 0 saturated carbocycles. The highest BCUT2D eigenvalue weighted by Crippen LogP contribution is 2.41. The predicted octanol–water partition coefficient (Wildman–Crippen LogP) is 3.16. The van der Waals surface area contributed by atoms with Crippen LogP contribution in [0.5, 0.6) is 0 Å². The molecule has 2 aliphatic heterocycles. The number of benzene rings is 1. The number of hydrogen-bond acceptors (Lipinski definition) is 2. The van der Waals surface area contributed by atoms with E-state index in [-0.39, 0.29) is 18.4 Å². The monoisotopic (exact) mass is 306 g/mol. The minimum atomic E-state index is -4.27. The van der Waals surface area contributed by atoms with Crippen molar-refractivity contribution in [1.82, 2.24) is 5.32 Å². The number of nitrogens with zero attached hydrogens (tertiary/aromatic N) is 1. The Balaban J connectivity index is 0.00000147. The van der Waals surface area contributed by atoms with Crippen molar-refractivity contribution in [3.63, 3.8) is 0 Å². The lowest BCUT2D eigenvalue weighted by Crippen LogP contribution is -2.54. The van der Waals surface area contributed by atoms with E-state index in [1.807, 2.05) is 0 Å². The van der Waals surface area contributed by atoms with Crippen LogP contribution in [-0.2, 0) is 12.6 Å². The third kappa shape index (κ3) is 2.37. The number of anilines is 1. The fourth-order valence-electron chi connectivity index (χ4n) is 3.34. The summed E-state index contributed by atoms with van der Waals surface area (Å²) in [5.74, 6) is 0. The summed E-state index contributed by atoms with van der Waals surface area (Å²) in [5.41, 5.74) is 1.65. The van der Waals surface area contributed by atoms with Crippen molar-refractivity contribution in [2.24, 2.45) is 0 Å². The molecule has 1 aromatic rings. The highest BCUT2D eigenvalue weighted by Gasteiger charge is 2.39. The average Bonchev–Trinajstić information content (AvgIpc) is 2.64. The van der Waals surface area contributed by atoms with Crippen LogP contribution in [0.15, 0.2) is 12.1 Å². The molecular formula is C14H18ClF3N2. The van der Waals surface area contributed by atoms with Crippen LogP contribution in [0.3, 0.4) is 0 Å². The molecule has 1 fully saturated rings. The molecule has 2 heterocycles. The molecule has 6 heteroatoms. The number of nitrogens with one attached hydrogen (secondary N) is 1. The number of hydrogen-bond donors (Lipinski definition) is 1. The van der Waals surface area contributed by atoms with Crippen molar-refractivity contribution >= 4 is 18.1 Å². The molecule has 2 nitrogen and oxygen atoms in total. The van der Waals surface area contributed by atoms with Crippen molar-refractivity contribution < 1.29 is 13.2 Å². The maximum Gasteiger partial charge on any atom is 0.416 e. The molecule has 0 spiro atoms. The summed E-state index contributed by atoms with van der Waals surface area (Å²) in [7, 11) is 0. The van der Waals surface area contributed by atoms with Crippen molar-refractivity contribution in [3.8, 4) is 0 Å². The zero-order chi connectivity index (χ0) is 13.8. The van der Waals surface area contributed by atoms with E-state index < -0.39 is 11.7 Å². The molecule has 20 heavy (non-hydrogen) atoms. The zero-order valence-corrected chi connectivity index (χ0v) is 12.2. The van der Waals surface area contributed by atoms with E-state index >= 15 is 0 Å². The number of fused-ring (bicyclic) bond motifs is 3. The maximum absolute atomic E-state index is 13.0. The third-order valence-electron chi connectivity index (χ3n) is 4.15. The van der Waals surface area contributed by atoms with E-state index in [0.717, 1.165) is 30.8 Å². The Morgan fingerprint density at radius 1 is 1.25 bits per heavy atom. The summed E-state index contributed by atoms with van der Waals surface area (Å²) in [5, 5.41) is 3.34. The Morgan fingerprint density at radius 3 is 2.60 bits per heavy atom. The van der Waals surface area contributed by atoms with Gasteiger partial charge in [-0.15, -0.1) is 12.4 Å².